The second-order valence-corrected chi connectivity index (χ2v) is 3.52. The van der Waals surface area contributed by atoms with Crippen LogP contribution in [0.1, 0.15) is 22.3 Å². The summed E-state index contributed by atoms with van der Waals surface area (Å²) in [5, 5.41) is 9.64. The summed E-state index contributed by atoms with van der Waals surface area (Å²) in [6, 6.07) is 4.64. The second kappa shape index (κ2) is 6.18. The fraction of sp³-hybridized carbons (Fsp3) is 0.250. The molecule has 86 valence electrons. The molecule has 1 aromatic rings. The van der Waals surface area contributed by atoms with Gasteiger partial charge in [0.05, 0.1) is 12.7 Å². The Morgan fingerprint density at radius 2 is 2.31 bits per heavy atom. The molecule has 0 aliphatic rings. The van der Waals surface area contributed by atoms with Gasteiger partial charge in [0.1, 0.15) is 5.75 Å². The van der Waals surface area contributed by atoms with Crippen molar-refractivity contribution in [1.29, 1.82) is 0 Å². The minimum Gasteiger partial charge on any atom is -0.507 e. The Bertz CT molecular complexity index is 399. The lowest BCUT2D eigenvalue weighted by molar-refractivity contribution is 0.0600. The number of ether oxygens (including phenoxy) is 1. The number of esters is 1. The molecule has 0 saturated carbocycles. The lowest BCUT2D eigenvalue weighted by Crippen LogP contribution is -2.00. The maximum absolute atomic E-state index is 11.2. The van der Waals surface area contributed by atoms with Crippen molar-refractivity contribution in [2.24, 2.45) is 0 Å². The summed E-state index contributed by atoms with van der Waals surface area (Å²) < 4.78 is 4.54. The summed E-state index contributed by atoms with van der Waals surface area (Å²) in [5.74, 6) is 0.123. The third kappa shape index (κ3) is 3.28. The molecule has 0 aromatic heterocycles. The Kier molecular flexibility index (Phi) is 4.86. The average molecular weight is 241 g/mol. The highest BCUT2D eigenvalue weighted by atomic mass is 35.5. The second-order valence-electron chi connectivity index (χ2n) is 3.15. The first-order chi connectivity index (χ1) is 7.69. The number of carbonyl (C=O) groups is 1. The van der Waals surface area contributed by atoms with Crippen LogP contribution in [0.25, 0.3) is 6.08 Å². The van der Waals surface area contributed by atoms with E-state index in [4.69, 9.17) is 11.6 Å². The monoisotopic (exact) mass is 240 g/mol. The molecule has 4 heteroatoms. The smallest absolute Gasteiger partial charge is 0.337 e. The molecule has 1 rings (SSSR count). The molecule has 1 aromatic carbocycles. The summed E-state index contributed by atoms with van der Waals surface area (Å²) >= 11 is 5.52. The van der Waals surface area contributed by atoms with Crippen molar-refractivity contribution >= 4 is 23.6 Å². The van der Waals surface area contributed by atoms with Crippen molar-refractivity contribution in [3.63, 3.8) is 0 Å². The number of phenols is 1. The number of alkyl halides is 1. The van der Waals surface area contributed by atoms with Gasteiger partial charge in [-0.3, -0.25) is 0 Å². The summed E-state index contributed by atoms with van der Waals surface area (Å²) in [7, 11) is 1.30. The van der Waals surface area contributed by atoms with Crippen molar-refractivity contribution in [1.82, 2.24) is 0 Å². The standard InChI is InChI=1S/C12H13ClO3/c1-16-12(15)10-6-5-9(11(14)8-10)4-2-3-7-13/h2,4-6,8,14H,3,7H2,1H3. The highest BCUT2D eigenvalue weighted by Crippen LogP contribution is 2.20. The number of rotatable bonds is 4. The van der Waals surface area contributed by atoms with Crippen LogP contribution in [-0.2, 0) is 4.74 Å². The first-order valence-electron chi connectivity index (χ1n) is 4.83. The van der Waals surface area contributed by atoms with Gasteiger partial charge in [0.2, 0.25) is 0 Å². The van der Waals surface area contributed by atoms with Crippen LogP contribution >= 0.6 is 11.6 Å². The fourth-order valence-corrected chi connectivity index (χ4v) is 1.33. The fourth-order valence-electron chi connectivity index (χ4n) is 1.20. The van der Waals surface area contributed by atoms with Crippen molar-refractivity contribution in [3.8, 4) is 5.75 Å². The Morgan fingerprint density at radius 1 is 1.56 bits per heavy atom. The number of hydrogen-bond donors (Lipinski definition) is 1. The van der Waals surface area contributed by atoms with E-state index in [1.807, 2.05) is 6.08 Å². The van der Waals surface area contributed by atoms with Gasteiger partial charge >= 0.3 is 5.97 Å². The molecule has 0 bridgehead atoms. The van der Waals surface area contributed by atoms with E-state index < -0.39 is 5.97 Å². The van der Waals surface area contributed by atoms with Gasteiger partial charge in [-0.2, -0.15) is 0 Å². The van der Waals surface area contributed by atoms with E-state index in [9.17, 15) is 9.90 Å². The van der Waals surface area contributed by atoms with E-state index in [0.29, 0.717) is 17.0 Å². The normalized spacial score (nSPS) is 10.6. The summed E-state index contributed by atoms with van der Waals surface area (Å²) in [6.45, 7) is 0. The van der Waals surface area contributed by atoms with Crippen LogP contribution in [0.3, 0.4) is 0 Å². The first-order valence-corrected chi connectivity index (χ1v) is 5.36. The summed E-state index contributed by atoms with van der Waals surface area (Å²) in [6.07, 6.45) is 4.36. The van der Waals surface area contributed by atoms with Gasteiger partial charge in [-0.25, -0.2) is 4.79 Å². The average Bonchev–Trinajstić information content (AvgIpc) is 2.30. The maximum atomic E-state index is 11.2. The Balaban J connectivity index is 2.87. The van der Waals surface area contributed by atoms with Crippen molar-refractivity contribution in [2.45, 2.75) is 6.42 Å². The highest BCUT2D eigenvalue weighted by molar-refractivity contribution is 6.17. The zero-order chi connectivity index (χ0) is 12.0. The predicted octanol–water partition coefficient (Wildman–Crippen LogP) is 2.82. The third-order valence-corrected chi connectivity index (χ3v) is 2.24. The van der Waals surface area contributed by atoms with Gasteiger partial charge in [0.25, 0.3) is 0 Å². The predicted molar refractivity (Wildman–Crippen MR) is 63.8 cm³/mol. The molecule has 0 aliphatic heterocycles. The van der Waals surface area contributed by atoms with Crippen LogP contribution in [0.2, 0.25) is 0 Å². The minimum absolute atomic E-state index is 0.0497. The Hall–Kier alpha value is -1.48. The van der Waals surface area contributed by atoms with Crippen LogP contribution in [0.5, 0.6) is 5.75 Å². The van der Waals surface area contributed by atoms with Gasteiger partial charge in [0, 0.05) is 11.4 Å². The highest BCUT2D eigenvalue weighted by Gasteiger charge is 2.07. The number of benzene rings is 1. The van der Waals surface area contributed by atoms with Crippen LogP contribution in [0.4, 0.5) is 0 Å². The molecular formula is C12H13ClO3. The van der Waals surface area contributed by atoms with E-state index in [1.54, 1.807) is 18.2 Å². The number of carbonyl (C=O) groups excluding carboxylic acids is 1. The quantitative estimate of drug-likeness (QED) is 0.650. The van der Waals surface area contributed by atoms with Gasteiger partial charge in [-0.1, -0.05) is 18.2 Å². The van der Waals surface area contributed by atoms with E-state index >= 15 is 0 Å². The largest absolute Gasteiger partial charge is 0.507 e. The summed E-state index contributed by atoms with van der Waals surface area (Å²) in [5.41, 5.74) is 0.979. The zero-order valence-corrected chi connectivity index (χ0v) is 9.70. The molecule has 0 radical (unpaired) electrons. The van der Waals surface area contributed by atoms with Gasteiger partial charge < -0.3 is 9.84 Å². The van der Waals surface area contributed by atoms with Crippen LogP contribution < -0.4 is 0 Å². The summed E-state index contributed by atoms with van der Waals surface area (Å²) in [4.78, 5) is 11.2. The third-order valence-electron chi connectivity index (χ3n) is 2.02. The number of allylic oxidation sites excluding steroid dienone is 1. The molecule has 0 saturated heterocycles. The van der Waals surface area contributed by atoms with Crippen LogP contribution in [0.15, 0.2) is 24.3 Å². The lowest BCUT2D eigenvalue weighted by Gasteiger charge is -2.02. The van der Waals surface area contributed by atoms with Crippen molar-refractivity contribution in [2.75, 3.05) is 13.0 Å². The number of halogens is 1. The van der Waals surface area contributed by atoms with Gasteiger partial charge in [-0.15, -0.1) is 11.6 Å². The molecule has 0 heterocycles. The number of phenolic OH excluding ortho intramolecular Hbond substituents is 1. The molecule has 0 unspecified atom stereocenters. The van der Waals surface area contributed by atoms with Crippen molar-refractivity contribution < 1.29 is 14.6 Å². The number of aromatic hydroxyl groups is 1. The molecule has 0 aliphatic carbocycles. The number of hydrogen-bond acceptors (Lipinski definition) is 3. The van der Waals surface area contributed by atoms with E-state index in [-0.39, 0.29) is 5.75 Å². The van der Waals surface area contributed by atoms with E-state index in [2.05, 4.69) is 4.74 Å². The SMILES string of the molecule is COC(=O)c1ccc(C=CCCCl)c(O)c1. The van der Waals surface area contributed by atoms with E-state index in [1.165, 1.54) is 13.2 Å². The maximum Gasteiger partial charge on any atom is 0.337 e. The van der Waals surface area contributed by atoms with E-state index in [0.717, 1.165) is 6.42 Å². The molecule has 3 nitrogen and oxygen atoms in total. The van der Waals surface area contributed by atoms with Gasteiger partial charge in [0.15, 0.2) is 0 Å². The molecule has 0 spiro atoms. The van der Waals surface area contributed by atoms with Crippen LogP contribution in [-0.4, -0.2) is 24.1 Å². The molecule has 16 heavy (non-hydrogen) atoms. The van der Waals surface area contributed by atoms with Crippen molar-refractivity contribution in [3.05, 3.63) is 35.4 Å². The Morgan fingerprint density at radius 3 is 2.88 bits per heavy atom. The number of methoxy groups -OCH3 is 1. The lowest BCUT2D eigenvalue weighted by atomic mass is 10.1. The minimum atomic E-state index is -0.466. The zero-order valence-electron chi connectivity index (χ0n) is 8.94. The molecule has 0 fully saturated rings. The Labute approximate surface area is 99.3 Å². The molecule has 0 amide bonds. The van der Waals surface area contributed by atoms with Gasteiger partial charge in [-0.05, 0) is 18.6 Å². The molecule has 1 N–H and O–H groups in total. The molecular weight excluding hydrogens is 228 g/mol. The molecule has 0 atom stereocenters. The topological polar surface area (TPSA) is 46.5 Å². The first kappa shape index (κ1) is 12.6. The van der Waals surface area contributed by atoms with Crippen LogP contribution in [0, 0.1) is 0 Å².